The number of rotatable bonds is 16. The summed E-state index contributed by atoms with van der Waals surface area (Å²) in [5.74, 6) is 1.81. The molecule has 2 aromatic heterocycles. The van der Waals surface area contributed by atoms with E-state index in [-0.39, 0.29) is 82.3 Å². The number of carbonyl (C=O) groups is 4. The number of aromatic nitrogens is 4. The van der Waals surface area contributed by atoms with Crippen molar-refractivity contribution in [2.24, 2.45) is 0 Å². The van der Waals surface area contributed by atoms with E-state index < -0.39 is 5.97 Å². The van der Waals surface area contributed by atoms with Crippen LogP contribution in [0.15, 0.2) is 97.3 Å². The third kappa shape index (κ3) is 12.6. The Morgan fingerprint density at radius 2 is 1.02 bits per heavy atom. The van der Waals surface area contributed by atoms with Crippen molar-refractivity contribution < 1.29 is 59.8 Å². The standard InChI is InChI=1S/C23H24N2O5.C23H24N2O4.CH3.BrH.Mg/c1-14(15-6-5-7-17(11-15)28-2)10-20(26)18-9-8-16(12-21(18)29-3)19-13-24-25-22(19)23(27)30-4;1-14(16-6-5-7-18(11-16)28-3)10-21(27)19-9-8-17(12-22(19)29-4)20-13-24-25-23(20)15(2)26;;;/h5-9,11-14H,10H2,1-4H3,(H,24,25);5-9,11-14H,10H2,1-4H3,(H,24,25);1H3;1H;/q;;-1;;+2/p-1/t2*14-;;;/m00.../s1. The van der Waals surface area contributed by atoms with Crippen LogP contribution in [0.2, 0.25) is 0 Å². The van der Waals surface area contributed by atoms with Gasteiger partial charge in [-0.1, -0.05) is 50.2 Å². The third-order valence-corrected chi connectivity index (χ3v) is 9.95. The first-order chi connectivity index (χ1) is 28.4. The molecule has 0 unspecified atom stereocenters. The van der Waals surface area contributed by atoms with E-state index in [1.165, 1.54) is 34.4 Å². The van der Waals surface area contributed by atoms with Crippen molar-refractivity contribution in [2.75, 3.05) is 35.5 Å². The van der Waals surface area contributed by atoms with Crippen LogP contribution in [-0.4, -0.2) is 102 Å². The van der Waals surface area contributed by atoms with Crippen LogP contribution >= 0.6 is 0 Å². The number of hydrogen-bond donors (Lipinski definition) is 2. The fourth-order valence-corrected chi connectivity index (χ4v) is 6.62. The van der Waals surface area contributed by atoms with E-state index in [2.05, 4.69) is 20.4 Å². The largest absolute Gasteiger partial charge is 2.00 e. The predicted octanol–water partition coefficient (Wildman–Crippen LogP) is 6.00. The molecule has 0 amide bonds. The molecule has 6 rings (SSSR count). The van der Waals surface area contributed by atoms with Gasteiger partial charge in [0.1, 0.15) is 28.7 Å². The Bertz CT molecular complexity index is 2450. The number of benzene rings is 4. The molecule has 0 fully saturated rings. The van der Waals surface area contributed by atoms with Crippen LogP contribution in [0.25, 0.3) is 22.3 Å². The van der Waals surface area contributed by atoms with Gasteiger partial charge in [0.2, 0.25) is 0 Å². The molecule has 0 bridgehead atoms. The van der Waals surface area contributed by atoms with Gasteiger partial charge in [0.15, 0.2) is 23.0 Å². The fraction of sp³-hybridized carbons (Fsp3) is 0.255. The summed E-state index contributed by atoms with van der Waals surface area (Å²) in [6.45, 7) is 5.49. The Kier molecular flexibility index (Phi) is 20.8. The molecule has 0 radical (unpaired) electrons. The van der Waals surface area contributed by atoms with Crippen molar-refractivity contribution in [1.82, 2.24) is 20.4 Å². The molecular weight excluding hydrogens is 869 g/mol. The molecule has 0 saturated carbocycles. The molecule has 2 heterocycles. The molecule has 4 aromatic carbocycles. The fourth-order valence-electron chi connectivity index (χ4n) is 6.62. The van der Waals surface area contributed by atoms with E-state index in [0.29, 0.717) is 57.9 Å². The zero-order valence-electron chi connectivity index (χ0n) is 36.5. The van der Waals surface area contributed by atoms with Gasteiger partial charge < -0.3 is 48.1 Å². The zero-order valence-corrected chi connectivity index (χ0v) is 39.5. The second-order valence-electron chi connectivity index (χ2n) is 13.8. The number of nitrogens with zero attached hydrogens (tertiary/aromatic N) is 2. The normalized spacial score (nSPS) is 11.1. The number of esters is 1. The Balaban J connectivity index is 0.000000407. The molecule has 0 saturated heterocycles. The van der Waals surface area contributed by atoms with Crippen LogP contribution in [0.5, 0.6) is 23.0 Å². The molecule has 2 N–H and O–H groups in total. The first-order valence-corrected chi connectivity index (χ1v) is 18.8. The van der Waals surface area contributed by atoms with Gasteiger partial charge in [-0.05, 0) is 82.6 Å². The number of H-pyrrole nitrogens is 2. The van der Waals surface area contributed by atoms with Gasteiger partial charge in [0.25, 0.3) is 0 Å². The van der Waals surface area contributed by atoms with Crippen LogP contribution in [0.1, 0.15) is 98.3 Å². The van der Waals surface area contributed by atoms with Crippen molar-refractivity contribution in [1.29, 1.82) is 0 Å². The summed E-state index contributed by atoms with van der Waals surface area (Å²) in [5.41, 5.74) is 6.44. The summed E-state index contributed by atoms with van der Waals surface area (Å²) in [7, 11) is 7.59. The second-order valence-corrected chi connectivity index (χ2v) is 13.8. The van der Waals surface area contributed by atoms with E-state index >= 15 is 0 Å². The van der Waals surface area contributed by atoms with Gasteiger partial charge in [-0.3, -0.25) is 24.6 Å². The molecule has 0 aliphatic heterocycles. The van der Waals surface area contributed by atoms with Gasteiger partial charge in [0.05, 0.1) is 59.1 Å². The van der Waals surface area contributed by atoms with Crippen LogP contribution in [-0.2, 0) is 4.74 Å². The Morgan fingerprint density at radius 3 is 1.40 bits per heavy atom. The maximum absolute atomic E-state index is 13.0. The maximum atomic E-state index is 13.0. The van der Waals surface area contributed by atoms with E-state index in [4.69, 9.17) is 23.7 Å². The van der Waals surface area contributed by atoms with Crippen molar-refractivity contribution in [3.8, 4) is 45.3 Å². The number of carbonyl (C=O) groups excluding carboxylic acids is 4. The molecular formula is C47H51BrMgN4O9. The van der Waals surface area contributed by atoms with Crippen molar-refractivity contribution in [3.05, 3.63) is 138 Å². The number of aromatic amines is 2. The Hall–Kier alpha value is -5.77. The first kappa shape index (κ1) is 52.4. The first-order valence-electron chi connectivity index (χ1n) is 18.8. The number of ketones is 3. The minimum Gasteiger partial charge on any atom is -1.00 e. The van der Waals surface area contributed by atoms with Crippen LogP contribution in [0.3, 0.4) is 0 Å². The van der Waals surface area contributed by atoms with Crippen molar-refractivity contribution >= 4 is 46.4 Å². The molecule has 322 valence electrons. The van der Waals surface area contributed by atoms with E-state index in [1.807, 2.05) is 68.4 Å². The Morgan fingerprint density at radius 1 is 0.597 bits per heavy atom. The smallest absolute Gasteiger partial charge is 1.00 e. The SMILES string of the molecule is COC(=O)c1[nH]ncc1-c1ccc(C(=O)C[C@H](C)c2cccc(OC)c2)c(OC)c1.COc1cccc([C@@H](C)CC(=O)c2ccc(-c3cn[nH]c3C(C)=O)cc2OC)c1.[Br-].[CH3-].[Mg+2]. The molecule has 6 aromatic rings. The van der Waals surface area contributed by atoms with E-state index in [1.54, 1.807) is 50.7 Å². The van der Waals surface area contributed by atoms with Crippen LogP contribution in [0.4, 0.5) is 0 Å². The predicted molar refractivity (Wildman–Crippen MR) is 235 cm³/mol. The molecule has 0 aliphatic carbocycles. The third-order valence-electron chi connectivity index (χ3n) is 9.95. The minimum atomic E-state index is -0.520. The summed E-state index contributed by atoms with van der Waals surface area (Å²) in [6, 6.07) is 25.9. The average molecular weight is 920 g/mol. The minimum absolute atomic E-state index is 0. The van der Waals surface area contributed by atoms with Gasteiger partial charge in [-0.15, -0.1) is 0 Å². The molecule has 0 aliphatic rings. The molecule has 0 spiro atoms. The summed E-state index contributed by atoms with van der Waals surface area (Å²) < 4.78 is 26.3. The summed E-state index contributed by atoms with van der Waals surface area (Å²) in [6.07, 6.45) is 3.79. The second kappa shape index (κ2) is 24.6. The van der Waals surface area contributed by atoms with E-state index in [9.17, 15) is 19.2 Å². The number of Topliss-reactive ketones (excluding diaryl/α,β-unsaturated/α-hetero) is 3. The van der Waals surface area contributed by atoms with Gasteiger partial charge >= 0.3 is 29.0 Å². The molecule has 62 heavy (non-hydrogen) atoms. The van der Waals surface area contributed by atoms with Crippen LogP contribution in [0, 0.1) is 7.43 Å². The van der Waals surface area contributed by atoms with Crippen LogP contribution < -0.4 is 35.9 Å². The van der Waals surface area contributed by atoms with Gasteiger partial charge in [0, 0.05) is 30.9 Å². The molecule has 13 nitrogen and oxygen atoms in total. The van der Waals surface area contributed by atoms with E-state index in [0.717, 1.165) is 28.2 Å². The topological polar surface area (TPSA) is 172 Å². The van der Waals surface area contributed by atoms with Gasteiger partial charge in [-0.2, -0.15) is 10.2 Å². The number of halogens is 1. The summed E-state index contributed by atoms with van der Waals surface area (Å²) in [4.78, 5) is 49.6. The number of nitrogens with one attached hydrogen (secondary N) is 2. The quantitative estimate of drug-likeness (QED) is 0.0505. The molecule has 15 heteroatoms. The summed E-state index contributed by atoms with van der Waals surface area (Å²) in [5, 5.41) is 13.2. The van der Waals surface area contributed by atoms with Crippen molar-refractivity contribution in [3.63, 3.8) is 0 Å². The van der Waals surface area contributed by atoms with Gasteiger partial charge in [-0.25, -0.2) is 4.79 Å². The number of ether oxygens (including phenoxy) is 5. The van der Waals surface area contributed by atoms with Crippen molar-refractivity contribution in [2.45, 2.75) is 45.4 Å². The Labute approximate surface area is 389 Å². The number of methoxy groups -OCH3 is 5. The monoisotopic (exact) mass is 918 g/mol. The molecule has 2 atom stereocenters. The maximum Gasteiger partial charge on any atom is 2.00 e. The average Bonchev–Trinajstić information content (AvgIpc) is 3.97. The zero-order chi connectivity index (χ0) is 42.6. The summed E-state index contributed by atoms with van der Waals surface area (Å²) >= 11 is 0. The number of hydrogen-bond acceptors (Lipinski definition) is 11.